The second-order valence-corrected chi connectivity index (χ2v) is 7.02. The molecular formula is C22H24N2O5. The first-order chi connectivity index (χ1) is 14.2. The van der Waals surface area contributed by atoms with Crippen molar-refractivity contribution in [3.05, 3.63) is 53.6 Å². The molecule has 0 saturated carbocycles. The number of hydrogen-bond donors (Lipinski definition) is 1. The SMILES string of the molecule is CNc1ccccc1C(=O)OCC(=O)N1CCCC1c1ccc2c(c1)OCCO2. The highest BCUT2D eigenvalue weighted by Gasteiger charge is 2.31. The molecule has 29 heavy (non-hydrogen) atoms. The summed E-state index contributed by atoms with van der Waals surface area (Å²) in [5, 5.41) is 2.95. The zero-order chi connectivity index (χ0) is 20.2. The Hall–Kier alpha value is -3.22. The van der Waals surface area contributed by atoms with E-state index in [4.69, 9.17) is 14.2 Å². The maximum absolute atomic E-state index is 12.8. The molecule has 1 atom stereocenters. The van der Waals surface area contributed by atoms with Crippen molar-refractivity contribution in [1.29, 1.82) is 0 Å². The van der Waals surface area contributed by atoms with Crippen molar-refractivity contribution in [2.75, 3.05) is 38.7 Å². The fourth-order valence-corrected chi connectivity index (χ4v) is 3.85. The molecule has 0 bridgehead atoms. The van der Waals surface area contributed by atoms with Gasteiger partial charge in [0, 0.05) is 19.3 Å². The van der Waals surface area contributed by atoms with Gasteiger partial charge in [0.05, 0.1) is 11.6 Å². The van der Waals surface area contributed by atoms with Crippen molar-refractivity contribution >= 4 is 17.6 Å². The number of rotatable bonds is 5. The van der Waals surface area contributed by atoms with Crippen LogP contribution in [0.15, 0.2) is 42.5 Å². The summed E-state index contributed by atoms with van der Waals surface area (Å²) in [6, 6.07) is 12.8. The minimum absolute atomic E-state index is 0.0541. The minimum atomic E-state index is -0.515. The van der Waals surface area contributed by atoms with E-state index in [9.17, 15) is 9.59 Å². The zero-order valence-electron chi connectivity index (χ0n) is 16.3. The van der Waals surface area contributed by atoms with Crippen LogP contribution in [0.3, 0.4) is 0 Å². The Morgan fingerprint density at radius 1 is 1.14 bits per heavy atom. The van der Waals surface area contributed by atoms with Crippen LogP contribution in [-0.2, 0) is 9.53 Å². The van der Waals surface area contributed by atoms with Gasteiger partial charge in [0.2, 0.25) is 0 Å². The Morgan fingerprint density at radius 2 is 1.93 bits per heavy atom. The summed E-state index contributed by atoms with van der Waals surface area (Å²) < 4.78 is 16.5. The van der Waals surface area contributed by atoms with E-state index < -0.39 is 5.97 Å². The Bertz CT molecular complexity index is 914. The van der Waals surface area contributed by atoms with Crippen molar-refractivity contribution in [1.82, 2.24) is 4.90 Å². The van der Waals surface area contributed by atoms with Crippen LogP contribution in [0.1, 0.15) is 34.8 Å². The molecule has 7 heteroatoms. The third-order valence-electron chi connectivity index (χ3n) is 5.27. The summed E-state index contributed by atoms with van der Waals surface area (Å²) >= 11 is 0. The number of para-hydroxylation sites is 1. The number of nitrogens with zero attached hydrogens (tertiary/aromatic N) is 1. The van der Waals surface area contributed by atoms with E-state index in [0.29, 0.717) is 36.8 Å². The first-order valence-corrected chi connectivity index (χ1v) is 9.80. The highest BCUT2D eigenvalue weighted by Crippen LogP contribution is 2.38. The predicted molar refractivity (Wildman–Crippen MR) is 107 cm³/mol. The van der Waals surface area contributed by atoms with E-state index in [1.165, 1.54) is 0 Å². The van der Waals surface area contributed by atoms with Crippen LogP contribution >= 0.6 is 0 Å². The van der Waals surface area contributed by atoms with Crippen LogP contribution in [0.5, 0.6) is 11.5 Å². The standard InChI is InChI=1S/C22H24N2O5/c1-23-17-6-3-2-5-16(17)22(26)29-14-21(25)24-10-4-7-18(24)15-8-9-19-20(13-15)28-12-11-27-19/h2-3,5-6,8-9,13,18,23H,4,7,10-12,14H2,1H3. The Labute approximate surface area is 169 Å². The molecular weight excluding hydrogens is 372 g/mol. The van der Waals surface area contributed by atoms with E-state index in [-0.39, 0.29) is 18.6 Å². The zero-order valence-corrected chi connectivity index (χ0v) is 16.3. The molecule has 0 aliphatic carbocycles. The Kier molecular flexibility index (Phi) is 5.55. The lowest BCUT2D eigenvalue weighted by Crippen LogP contribution is -2.34. The van der Waals surface area contributed by atoms with E-state index in [1.807, 2.05) is 24.3 Å². The van der Waals surface area contributed by atoms with Gasteiger partial charge in [-0.2, -0.15) is 0 Å². The van der Waals surface area contributed by atoms with Gasteiger partial charge in [-0.1, -0.05) is 18.2 Å². The van der Waals surface area contributed by atoms with Crippen molar-refractivity contribution in [2.24, 2.45) is 0 Å². The maximum atomic E-state index is 12.8. The number of anilines is 1. The van der Waals surface area contributed by atoms with Gasteiger partial charge in [-0.15, -0.1) is 0 Å². The smallest absolute Gasteiger partial charge is 0.340 e. The number of carbonyl (C=O) groups excluding carboxylic acids is 2. The number of amides is 1. The third kappa shape index (κ3) is 3.99. The van der Waals surface area contributed by atoms with Crippen LogP contribution in [0.2, 0.25) is 0 Å². The van der Waals surface area contributed by atoms with Crippen LogP contribution in [0.25, 0.3) is 0 Å². The summed E-state index contributed by atoms with van der Waals surface area (Å²) in [5.41, 5.74) is 2.08. The van der Waals surface area contributed by atoms with Gasteiger partial charge in [0.15, 0.2) is 18.1 Å². The number of carbonyl (C=O) groups is 2. The molecule has 1 unspecified atom stereocenters. The van der Waals surface area contributed by atoms with E-state index in [0.717, 1.165) is 24.2 Å². The van der Waals surface area contributed by atoms with Crippen LogP contribution in [-0.4, -0.2) is 50.2 Å². The monoisotopic (exact) mass is 396 g/mol. The second-order valence-electron chi connectivity index (χ2n) is 7.02. The van der Waals surface area contributed by atoms with Gasteiger partial charge in [-0.3, -0.25) is 4.79 Å². The Morgan fingerprint density at radius 3 is 2.76 bits per heavy atom. The highest BCUT2D eigenvalue weighted by atomic mass is 16.6. The van der Waals surface area contributed by atoms with E-state index >= 15 is 0 Å². The molecule has 1 saturated heterocycles. The molecule has 7 nitrogen and oxygen atoms in total. The number of fused-ring (bicyclic) bond motifs is 1. The van der Waals surface area contributed by atoms with Crippen molar-refractivity contribution in [2.45, 2.75) is 18.9 Å². The van der Waals surface area contributed by atoms with E-state index in [1.54, 1.807) is 30.1 Å². The summed E-state index contributed by atoms with van der Waals surface area (Å²) in [5.74, 6) is 0.729. The number of likely N-dealkylation sites (tertiary alicyclic amines) is 1. The molecule has 2 aliphatic rings. The second kappa shape index (κ2) is 8.43. The maximum Gasteiger partial charge on any atom is 0.340 e. The van der Waals surface area contributed by atoms with Crippen LogP contribution in [0.4, 0.5) is 5.69 Å². The lowest BCUT2D eigenvalue weighted by atomic mass is 10.0. The van der Waals surface area contributed by atoms with Gasteiger partial charge >= 0.3 is 5.97 Å². The molecule has 0 radical (unpaired) electrons. The average molecular weight is 396 g/mol. The fourth-order valence-electron chi connectivity index (χ4n) is 3.85. The van der Waals surface area contributed by atoms with Crippen molar-refractivity contribution < 1.29 is 23.8 Å². The molecule has 2 heterocycles. The van der Waals surface area contributed by atoms with Gasteiger partial charge in [0.1, 0.15) is 13.2 Å². The van der Waals surface area contributed by atoms with Gasteiger partial charge < -0.3 is 24.4 Å². The fraction of sp³-hybridized carbons (Fsp3) is 0.364. The number of hydrogen-bond acceptors (Lipinski definition) is 6. The van der Waals surface area contributed by atoms with Gasteiger partial charge in [-0.05, 0) is 42.7 Å². The van der Waals surface area contributed by atoms with Crippen molar-refractivity contribution in [3.8, 4) is 11.5 Å². The molecule has 1 N–H and O–H groups in total. The normalized spacial score (nSPS) is 17.7. The third-order valence-corrected chi connectivity index (χ3v) is 5.27. The summed E-state index contributed by atoms with van der Waals surface area (Å²) in [6.07, 6.45) is 1.77. The lowest BCUT2D eigenvalue weighted by molar-refractivity contribution is -0.135. The molecule has 1 fully saturated rings. The minimum Gasteiger partial charge on any atom is -0.486 e. The Balaban J connectivity index is 1.42. The molecule has 0 aromatic heterocycles. The van der Waals surface area contributed by atoms with E-state index in [2.05, 4.69) is 5.32 Å². The summed E-state index contributed by atoms with van der Waals surface area (Å²) in [6.45, 7) is 1.43. The molecule has 4 rings (SSSR count). The van der Waals surface area contributed by atoms with Crippen molar-refractivity contribution in [3.63, 3.8) is 0 Å². The molecule has 2 aromatic carbocycles. The molecule has 1 amide bonds. The summed E-state index contributed by atoms with van der Waals surface area (Å²) in [7, 11) is 1.74. The number of benzene rings is 2. The average Bonchev–Trinajstić information content (AvgIpc) is 3.27. The van der Waals surface area contributed by atoms with Crippen LogP contribution < -0.4 is 14.8 Å². The quantitative estimate of drug-likeness (QED) is 0.783. The highest BCUT2D eigenvalue weighted by molar-refractivity contribution is 5.96. The van der Waals surface area contributed by atoms with Gasteiger partial charge in [-0.25, -0.2) is 4.79 Å². The molecule has 2 aromatic rings. The number of nitrogens with one attached hydrogen (secondary N) is 1. The predicted octanol–water partition coefficient (Wildman–Crippen LogP) is 3.02. The molecule has 0 spiro atoms. The largest absolute Gasteiger partial charge is 0.486 e. The molecule has 2 aliphatic heterocycles. The van der Waals surface area contributed by atoms with Gasteiger partial charge in [0.25, 0.3) is 5.91 Å². The molecule has 152 valence electrons. The first-order valence-electron chi connectivity index (χ1n) is 9.80. The summed E-state index contributed by atoms with van der Waals surface area (Å²) in [4.78, 5) is 27.0. The topological polar surface area (TPSA) is 77.1 Å². The first kappa shape index (κ1) is 19.1. The lowest BCUT2D eigenvalue weighted by Gasteiger charge is -2.26. The number of ether oxygens (including phenoxy) is 3. The van der Waals surface area contributed by atoms with Crippen LogP contribution in [0, 0.1) is 0 Å². The number of esters is 1.